The Bertz CT molecular complexity index is 1150. The van der Waals surface area contributed by atoms with Crippen LogP contribution in [0.2, 0.25) is 0 Å². The van der Waals surface area contributed by atoms with Crippen molar-refractivity contribution in [3.8, 4) is 17.2 Å². The fourth-order valence-corrected chi connectivity index (χ4v) is 5.10. The quantitative estimate of drug-likeness (QED) is 0.503. The van der Waals surface area contributed by atoms with Crippen LogP contribution in [0.5, 0.6) is 5.75 Å². The van der Waals surface area contributed by atoms with Crippen LogP contribution < -0.4 is 10.1 Å². The van der Waals surface area contributed by atoms with Gasteiger partial charge in [-0.05, 0) is 61.4 Å². The molecule has 8 nitrogen and oxygen atoms in total. The van der Waals surface area contributed by atoms with Crippen LogP contribution in [0.25, 0.3) is 11.5 Å². The molecule has 1 saturated heterocycles. The summed E-state index contributed by atoms with van der Waals surface area (Å²) in [6.45, 7) is 4.02. The van der Waals surface area contributed by atoms with E-state index < -0.39 is 6.04 Å². The molecule has 1 aliphatic rings. The van der Waals surface area contributed by atoms with Gasteiger partial charge in [0, 0.05) is 17.0 Å². The third-order valence-corrected chi connectivity index (χ3v) is 7.16. The number of hydrogen-bond donors (Lipinski definition) is 1. The smallest absolute Gasteiger partial charge is 0.277 e. The summed E-state index contributed by atoms with van der Waals surface area (Å²) in [5, 5.41) is 11.3. The van der Waals surface area contributed by atoms with Crippen molar-refractivity contribution in [3.05, 3.63) is 53.6 Å². The highest BCUT2D eigenvalue weighted by Crippen LogP contribution is 2.27. The number of ether oxygens (including phenoxy) is 1. The zero-order valence-electron chi connectivity index (χ0n) is 18.5. The molecule has 0 radical (unpaired) electrons. The number of nitrogens with zero attached hydrogens (tertiary/aromatic N) is 3. The molecule has 2 heterocycles. The van der Waals surface area contributed by atoms with Gasteiger partial charge in [-0.25, -0.2) is 0 Å². The standard InChI is InChI=1S/C23H24N4O4S2/c1-14-4-7-17(10-15(14)2)24-21(29)19-11-32-13-27(19)20(28)12-33-23-26-25-22(31-23)16-5-8-18(30-3)9-6-16/h4-10,19H,11-13H2,1-3H3,(H,24,29). The number of amides is 2. The van der Waals surface area contributed by atoms with E-state index in [1.165, 1.54) is 0 Å². The van der Waals surface area contributed by atoms with Gasteiger partial charge < -0.3 is 19.4 Å². The lowest BCUT2D eigenvalue weighted by atomic mass is 10.1. The Labute approximate surface area is 200 Å². The molecule has 1 aliphatic heterocycles. The van der Waals surface area contributed by atoms with Crippen molar-refractivity contribution in [2.24, 2.45) is 0 Å². The number of benzene rings is 2. The van der Waals surface area contributed by atoms with Crippen LogP contribution in [0, 0.1) is 13.8 Å². The summed E-state index contributed by atoms with van der Waals surface area (Å²) >= 11 is 2.73. The minimum atomic E-state index is -0.512. The molecule has 1 unspecified atom stereocenters. The van der Waals surface area contributed by atoms with Gasteiger partial charge in [0.2, 0.25) is 17.7 Å². The van der Waals surface area contributed by atoms with Crippen molar-refractivity contribution in [2.45, 2.75) is 25.1 Å². The first-order valence-corrected chi connectivity index (χ1v) is 12.4. The summed E-state index contributed by atoms with van der Waals surface area (Å²) in [6.07, 6.45) is 0. The van der Waals surface area contributed by atoms with Crippen LogP contribution in [-0.4, -0.2) is 57.4 Å². The van der Waals surface area contributed by atoms with Crippen molar-refractivity contribution in [1.29, 1.82) is 0 Å². The summed E-state index contributed by atoms with van der Waals surface area (Å²) in [7, 11) is 1.60. The average Bonchev–Trinajstić information content (AvgIpc) is 3.50. The van der Waals surface area contributed by atoms with Crippen LogP contribution >= 0.6 is 23.5 Å². The number of hydrogen-bond acceptors (Lipinski definition) is 8. The molecule has 0 saturated carbocycles. The van der Waals surface area contributed by atoms with Crippen LogP contribution in [0.1, 0.15) is 11.1 Å². The molecule has 10 heteroatoms. The van der Waals surface area contributed by atoms with Crippen LogP contribution in [-0.2, 0) is 9.59 Å². The summed E-state index contributed by atoms with van der Waals surface area (Å²) < 4.78 is 10.8. The molecule has 2 aromatic carbocycles. The van der Waals surface area contributed by atoms with Crippen molar-refractivity contribution in [3.63, 3.8) is 0 Å². The Morgan fingerprint density at radius 2 is 1.97 bits per heavy atom. The highest BCUT2D eigenvalue weighted by Gasteiger charge is 2.34. The maximum Gasteiger partial charge on any atom is 0.277 e. The molecule has 3 aromatic rings. The summed E-state index contributed by atoms with van der Waals surface area (Å²) in [5.74, 6) is 1.93. The number of aryl methyl sites for hydroxylation is 2. The van der Waals surface area contributed by atoms with E-state index in [1.54, 1.807) is 23.8 Å². The first kappa shape index (κ1) is 23.2. The molecule has 0 aliphatic carbocycles. The van der Waals surface area contributed by atoms with E-state index in [2.05, 4.69) is 15.5 Å². The highest BCUT2D eigenvalue weighted by molar-refractivity contribution is 8.00. The predicted octanol–water partition coefficient (Wildman–Crippen LogP) is 3.99. The monoisotopic (exact) mass is 484 g/mol. The highest BCUT2D eigenvalue weighted by atomic mass is 32.2. The van der Waals surface area contributed by atoms with Gasteiger partial charge in [0.15, 0.2) is 0 Å². The van der Waals surface area contributed by atoms with E-state index in [1.807, 2.05) is 56.3 Å². The summed E-state index contributed by atoms with van der Waals surface area (Å²) in [6, 6.07) is 12.5. The number of aromatic nitrogens is 2. The van der Waals surface area contributed by atoms with Gasteiger partial charge in [0.25, 0.3) is 5.22 Å². The maximum absolute atomic E-state index is 12.8. The van der Waals surface area contributed by atoms with E-state index in [9.17, 15) is 9.59 Å². The number of carbonyl (C=O) groups excluding carboxylic acids is 2. The van der Waals surface area contributed by atoms with E-state index in [-0.39, 0.29) is 17.6 Å². The second-order valence-electron chi connectivity index (χ2n) is 7.56. The molecule has 0 bridgehead atoms. The number of nitrogens with one attached hydrogen (secondary N) is 1. The second kappa shape index (κ2) is 10.3. The van der Waals surface area contributed by atoms with Crippen molar-refractivity contribution in [2.75, 3.05) is 29.8 Å². The fraction of sp³-hybridized carbons (Fsp3) is 0.304. The summed E-state index contributed by atoms with van der Waals surface area (Å²) in [4.78, 5) is 27.3. The van der Waals surface area contributed by atoms with Gasteiger partial charge in [0.05, 0.1) is 18.7 Å². The van der Waals surface area contributed by atoms with Gasteiger partial charge in [0.1, 0.15) is 11.8 Å². The molecule has 1 atom stereocenters. The Kier molecular flexibility index (Phi) is 7.24. The number of rotatable bonds is 7. The van der Waals surface area contributed by atoms with Crippen molar-refractivity contribution >= 4 is 41.0 Å². The van der Waals surface area contributed by atoms with Crippen LogP contribution in [0.15, 0.2) is 52.1 Å². The Balaban J connectivity index is 1.34. The van der Waals surface area contributed by atoms with Gasteiger partial charge in [-0.15, -0.1) is 22.0 Å². The van der Waals surface area contributed by atoms with E-state index in [4.69, 9.17) is 9.15 Å². The third-order valence-electron chi connectivity index (χ3n) is 5.34. The topological polar surface area (TPSA) is 97.6 Å². The van der Waals surface area contributed by atoms with E-state index in [0.717, 1.165) is 39.9 Å². The number of anilines is 1. The molecule has 2 amide bonds. The molecule has 1 N–H and O–H groups in total. The molecule has 172 valence electrons. The minimum Gasteiger partial charge on any atom is -0.497 e. The zero-order valence-corrected chi connectivity index (χ0v) is 20.2. The number of methoxy groups -OCH3 is 1. The number of thioether (sulfide) groups is 2. The molecule has 33 heavy (non-hydrogen) atoms. The average molecular weight is 485 g/mol. The fourth-order valence-electron chi connectivity index (χ4n) is 3.28. The largest absolute Gasteiger partial charge is 0.497 e. The third kappa shape index (κ3) is 5.51. The van der Waals surface area contributed by atoms with Crippen molar-refractivity contribution < 1.29 is 18.7 Å². The van der Waals surface area contributed by atoms with Crippen molar-refractivity contribution in [1.82, 2.24) is 15.1 Å². The zero-order chi connectivity index (χ0) is 23.4. The SMILES string of the molecule is COc1ccc(-c2nnc(SCC(=O)N3CSCC3C(=O)Nc3ccc(C)c(C)c3)o2)cc1. The molecule has 0 spiro atoms. The van der Waals surface area contributed by atoms with Gasteiger partial charge in [-0.3, -0.25) is 9.59 Å². The predicted molar refractivity (Wildman–Crippen MR) is 130 cm³/mol. The Hall–Kier alpha value is -2.98. The van der Waals surface area contributed by atoms with Gasteiger partial charge in [-0.1, -0.05) is 17.8 Å². The van der Waals surface area contributed by atoms with E-state index >= 15 is 0 Å². The van der Waals surface area contributed by atoms with Gasteiger partial charge >= 0.3 is 0 Å². The Morgan fingerprint density at radius 1 is 1.18 bits per heavy atom. The number of carbonyl (C=O) groups is 2. The Morgan fingerprint density at radius 3 is 2.70 bits per heavy atom. The molecular formula is C23H24N4O4S2. The molecular weight excluding hydrogens is 460 g/mol. The first-order chi connectivity index (χ1) is 15.9. The molecule has 1 aromatic heterocycles. The molecule has 4 rings (SSSR count). The lowest BCUT2D eigenvalue weighted by Gasteiger charge is -2.23. The molecule has 1 fully saturated rings. The van der Waals surface area contributed by atoms with Gasteiger partial charge in [-0.2, -0.15) is 0 Å². The van der Waals surface area contributed by atoms with Crippen LogP contribution in [0.4, 0.5) is 5.69 Å². The lowest BCUT2D eigenvalue weighted by molar-refractivity contribution is -0.134. The second-order valence-corrected chi connectivity index (χ2v) is 9.48. The first-order valence-electron chi connectivity index (χ1n) is 10.3. The van der Waals surface area contributed by atoms with E-state index in [0.29, 0.717) is 22.7 Å². The maximum atomic E-state index is 12.8. The minimum absolute atomic E-state index is 0.109. The van der Waals surface area contributed by atoms with Crippen LogP contribution in [0.3, 0.4) is 0 Å². The summed E-state index contributed by atoms with van der Waals surface area (Å²) in [5.41, 5.74) is 3.76. The lowest BCUT2D eigenvalue weighted by Crippen LogP contribution is -2.45. The normalized spacial score (nSPS) is 15.5.